The van der Waals surface area contributed by atoms with Crippen LogP contribution in [0.4, 0.5) is 0 Å². The van der Waals surface area contributed by atoms with Crippen LogP contribution in [0.15, 0.2) is 54.6 Å². The van der Waals surface area contributed by atoms with Gasteiger partial charge in [0.15, 0.2) is 6.61 Å². The summed E-state index contributed by atoms with van der Waals surface area (Å²) in [7, 11) is 1.62. The molecular formula is C19H21NO3. The van der Waals surface area contributed by atoms with Crippen LogP contribution < -0.4 is 14.8 Å². The standard InChI is InChI=1S/C19H21NO3/c1-22-16-9-11-17(12-10-16)23-13-18(21)20-19(15-7-8-15)14-5-3-2-4-6-14/h2-6,9-12,15,19H,7-8,13H2,1H3,(H,20,21). The first-order chi connectivity index (χ1) is 11.3. The van der Waals surface area contributed by atoms with Crippen molar-refractivity contribution in [2.24, 2.45) is 5.92 Å². The van der Waals surface area contributed by atoms with Crippen molar-refractivity contribution in [1.29, 1.82) is 0 Å². The van der Waals surface area contributed by atoms with Crippen molar-refractivity contribution >= 4 is 5.91 Å². The molecule has 3 rings (SSSR count). The van der Waals surface area contributed by atoms with E-state index in [2.05, 4.69) is 17.4 Å². The largest absolute Gasteiger partial charge is 0.497 e. The number of benzene rings is 2. The molecule has 0 aromatic heterocycles. The van der Waals surface area contributed by atoms with Crippen molar-refractivity contribution in [2.75, 3.05) is 13.7 Å². The molecule has 1 saturated carbocycles. The molecule has 1 amide bonds. The van der Waals surface area contributed by atoms with Gasteiger partial charge in [0, 0.05) is 0 Å². The summed E-state index contributed by atoms with van der Waals surface area (Å²) in [5.74, 6) is 1.87. The van der Waals surface area contributed by atoms with Gasteiger partial charge >= 0.3 is 0 Å². The van der Waals surface area contributed by atoms with Crippen LogP contribution in [0.2, 0.25) is 0 Å². The molecule has 0 aliphatic heterocycles. The fraction of sp³-hybridized carbons (Fsp3) is 0.316. The predicted octanol–water partition coefficient (Wildman–Crippen LogP) is 3.34. The first kappa shape index (κ1) is 15.4. The van der Waals surface area contributed by atoms with Crippen molar-refractivity contribution in [3.05, 3.63) is 60.2 Å². The molecule has 2 aromatic rings. The zero-order valence-corrected chi connectivity index (χ0v) is 13.2. The number of rotatable bonds is 7. The van der Waals surface area contributed by atoms with Crippen LogP contribution in [0, 0.1) is 5.92 Å². The summed E-state index contributed by atoms with van der Waals surface area (Å²) >= 11 is 0. The van der Waals surface area contributed by atoms with Gasteiger partial charge in [0.25, 0.3) is 5.91 Å². The Morgan fingerprint density at radius 3 is 2.35 bits per heavy atom. The van der Waals surface area contributed by atoms with E-state index in [1.165, 1.54) is 12.8 Å². The van der Waals surface area contributed by atoms with E-state index in [-0.39, 0.29) is 18.6 Å². The third kappa shape index (κ3) is 4.25. The molecule has 0 spiro atoms. The van der Waals surface area contributed by atoms with Gasteiger partial charge in [0.2, 0.25) is 0 Å². The van der Waals surface area contributed by atoms with Gasteiger partial charge in [-0.25, -0.2) is 0 Å². The second-order valence-corrected chi connectivity index (χ2v) is 5.76. The van der Waals surface area contributed by atoms with Crippen LogP contribution in [-0.2, 0) is 4.79 Å². The topological polar surface area (TPSA) is 47.6 Å². The maximum Gasteiger partial charge on any atom is 0.258 e. The molecule has 0 bridgehead atoms. The number of carbonyl (C=O) groups is 1. The van der Waals surface area contributed by atoms with Crippen molar-refractivity contribution in [2.45, 2.75) is 18.9 Å². The summed E-state index contributed by atoms with van der Waals surface area (Å²) in [6.07, 6.45) is 2.33. The summed E-state index contributed by atoms with van der Waals surface area (Å²) in [6, 6.07) is 17.4. The van der Waals surface area contributed by atoms with Crippen molar-refractivity contribution in [1.82, 2.24) is 5.32 Å². The second kappa shape index (κ2) is 7.18. The summed E-state index contributed by atoms with van der Waals surface area (Å²) in [4.78, 5) is 12.2. The highest BCUT2D eigenvalue weighted by Gasteiger charge is 2.33. The average molecular weight is 311 g/mol. The maximum absolute atomic E-state index is 12.2. The SMILES string of the molecule is COc1ccc(OCC(=O)NC(c2ccccc2)C2CC2)cc1. The Kier molecular flexibility index (Phi) is 4.81. The van der Waals surface area contributed by atoms with E-state index in [1.807, 2.05) is 30.3 Å². The number of carbonyl (C=O) groups excluding carboxylic acids is 1. The van der Waals surface area contributed by atoms with Crippen LogP contribution in [0.5, 0.6) is 11.5 Å². The van der Waals surface area contributed by atoms with E-state index in [1.54, 1.807) is 19.2 Å². The number of amides is 1. The Morgan fingerprint density at radius 1 is 1.09 bits per heavy atom. The second-order valence-electron chi connectivity index (χ2n) is 5.76. The normalized spacial score (nSPS) is 14.8. The summed E-state index contributed by atoms with van der Waals surface area (Å²) in [5.41, 5.74) is 1.16. The number of hydrogen-bond acceptors (Lipinski definition) is 3. The van der Waals surface area contributed by atoms with Gasteiger partial charge in [0.1, 0.15) is 11.5 Å². The van der Waals surface area contributed by atoms with Gasteiger partial charge in [-0.05, 0) is 48.6 Å². The van der Waals surface area contributed by atoms with Crippen molar-refractivity contribution in [3.8, 4) is 11.5 Å². The number of methoxy groups -OCH3 is 1. The lowest BCUT2D eigenvalue weighted by atomic mass is 10.0. The fourth-order valence-electron chi connectivity index (χ4n) is 2.60. The average Bonchev–Trinajstić information content (AvgIpc) is 3.44. The van der Waals surface area contributed by atoms with Gasteiger partial charge in [-0.3, -0.25) is 4.79 Å². The van der Waals surface area contributed by atoms with Gasteiger partial charge in [-0.1, -0.05) is 30.3 Å². The van der Waals surface area contributed by atoms with E-state index < -0.39 is 0 Å². The van der Waals surface area contributed by atoms with Crippen LogP contribution >= 0.6 is 0 Å². The molecule has 4 heteroatoms. The van der Waals surface area contributed by atoms with Crippen LogP contribution in [0.3, 0.4) is 0 Å². The highest BCUT2D eigenvalue weighted by Crippen LogP contribution is 2.40. The number of nitrogens with one attached hydrogen (secondary N) is 1. The molecule has 1 aliphatic rings. The Balaban J connectivity index is 1.55. The van der Waals surface area contributed by atoms with E-state index in [0.29, 0.717) is 11.7 Å². The van der Waals surface area contributed by atoms with Crippen LogP contribution in [0.25, 0.3) is 0 Å². The van der Waals surface area contributed by atoms with Gasteiger partial charge < -0.3 is 14.8 Å². The molecule has 1 fully saturated rings. The summed E-state index contributed by atoms with van der Waals surface area (Å²) < 4.78 is 10.6. The Labute approximate surface area is 136 Å². The van der Waals surface area contributed by atoms with Crippen LogP contribution in [-0.4, -0.2) is 19.6 Å². The van der Waals surface area contributed by atoms with Gasteiger partial charge in [-0.15, -0.1) is 0 Å². The van der Waals surface area contributed by atoms with E-state index in [4.69, 9.17) is 9.47 Å². The maximum atomic E-state index is 12.2. The lowest BCUT2D eigenvalue weighted by Crippen LogP contribution is -2.33. The number of hydrogen-bond donors (Lipinski definition) is 1. The molecule has 0 heterocycles. The third-order valence-electron chi connectivity index (χ3n) is 4.00. The molecule has 2 aromatic carbocycles. The molecule has 120 valence electrons. The molecule has 1 atom stereocenters. The Bertz CT molecular complexity index is 635. The predicted molar refractivity (Wildman–Crippen MR) is 88.5 cm³/mol. The minimum atomic E-state index is -0.0958. The summed E-state index contributed by atoms with van der Waals surface area (Å²) in [6.45, 7) is 0.0163. The van der Waals surface area contributed by atoms with Crippen LogP contribution in [0.1, 0.15) is 24.4 Å². The molecule has 23 heavy (non-hydrogen) atoms. The Hall–Kier alpha value is -2.49. The third-order valence-corrected chi connectivity index (χ3v) is 4.00. The highest BCUT2D eigenvalue weighted by atomic mass is 16.5. The summed E-state index contributed by atoms with van der Waals surface area (Å²) in [5, 5.41) is 3.10. The minimum Gasteiger partial charge on any atom is -0.497 e. The smallest absolute Gasteiger partial charge is 0.258 e. The molecule has 1 N–H and O–H groups in total. The molecule has 1 aliphatic carbocycles. The zero-order chi connectivity index (χ0) is 16.1. The molecule has 4 nitrogen and oxygen atoms in total. The van der Waals surface area contributed by atoms with E-state index >= 15 is 0 Å². The first-order valence-electron chi connectivity index (χ1n) is 7.87. The molecule has 0 radical (unpaired) electrons. The van der Waals surface area contributed by atoms with Crippen molar-refractivity contribution < 1.29 is 14.3 Å². The van der Waals surface area contributed by atoms with E-state index in [0.717, 1.165) is 11.3 Å². The van der Waals surface area contributed by atoms with E-state index in [9.17, 15) is 4.79 Å². The quantitative estimate of drug-likeness (QED) is 0.853. The monoisotopic (exact) mass is 311 g/mol. The minimum absolute atomic E-state index is 0.0163. The lowest BCUT2D eigenvalue weighted by Gasteiger charge is -2.19. The molecule has 1 unspecified atom stereocenters. The van der Waals surface area contributed by atoms with Gasteiger partial charge in [-0.2, -0.15) is 0 Å². The lowest BCUT2D eigenvalue weighted by molar-refractivity contribution is -0.124. The molecule has 0 saturated heterocycles. The number of ether oxygens (including phenoxy) is 2. The van der Waals surface area contributed by atoms with Gasteiger partial charge in [0.05, 0.1) is 13.2 Å². The van der Waals surface area contributed by atoms with Crippen molar-refractivity contribution in [3.63, 3.8) is 0 Å². The first-order valence-corrected chi connectivity index (χ1v) is 7.87. The fourth-order valence-corrected chi connectivity index (χ4v) is 2.60. The highest BCUT2D eigenvalue weighted by molar-refractivity contribution is 5.78. The Morgan fingerprint density at radius 2 is 1.74 bits per heavy atom. The zero-order valence-electron chi connectivity index (χ0n) is 13.2. The molecular weight excluding hydrogens is 290 g/mol.